The molecule has 2 N–H and O–H groups in total. The van der Waals surface area contributed by atoms with Crippen molar-refractivity contribution in [1.82, 2.24) is 10.3 Å². The van der Waals surface area contributed by atoms with E-state index in [1.54, 1.807) is 6.20 Å². The molecule has 0 aliphatic carbocycles. The Labute approximate surface area is 164 Å². The van der Waals surface area contributed by atoms with Gasteiger partial charge < -0.3 is 10.6 Å². The van der Waals surface area contributed by atoms with Crippen molar-refractivity contribution in [3.8, 4) is 6.07 Å². The topological polar surface area (TPSA) is 77.8 Å². The third-order valence-electron chi connectivity index (χ3n) is 4.27. The van der Waals surface area contributed by atoms with Crippen LogP contribution in [0.2, 0.25) is 0 Å². The molecule has 0 saturated heterocycles. The Balaban J connectivity index is 1.83. The van der Waals surface area contributed by atoms with E-state index in [0.29, 0.717) is 5.82 Å². The Morgan fingerprint density at radius 1 is 1.00 bits per heavy atom. The third kappa shape index (κ3) is 4.63. The fourth-order valence-electron chi connectivity index (χ4n) is 2.78. The molecule has 0 radical (unpaired) electrons. The Morgan fingerprint density at radius 2 is 1.61 bits per heavy atom. The molecule has 0 bridgehead atoms. The van der Waals surface area contributed by atoms with Gasteiger partial charge in [-0.2, -0.15) is 5.26 Å². The first-order valence-electron chi connectivity index (χ1n) is 8.88. The van der Waals surface area contributed by atoms with E-state index < -0.39 is 5.91 Å². The second kappa shape index (κ2) is 9.15. The number of hydrogen-bond acceptors (Lipinski definition) is 4. The maximum Gasteiger partial charge on any atom is 0.264 e. The number of aryl methyl sites for hydroxylation is 1. The molecule has 0 spiro atoms. The van der Waals surface area contributed by atoms with Crippen LogP contribution >= 0.6 is 0 Å². The highest BCUT2D eigenvalue weighted by molar-refractivity contribution is 5.98. The molecule has 0 fully saturated rings. The fraction of sp³-hybridized carbons (Fsp3) is 0.0870. The van der Waals surface area contributed by atoms with E-state index in [9.17, 15) is 10.1 Å². The quantitative estimate of drug-likeness (QED) is 0.507. The van der Waals surface area contributed by atoms with Crippen LogP contribution in [0.4, 0.5) is 5.82 Å². The highest BCUT2D eigenvalue weighted by Crippen LogP contribution is 2.22. The van der Waals surface area contributed by atoms with Crippen LogP contribution in [-0.4, -0.2) is 10.9 Å². The van der Waals surface area contributed by atoms with Crippen molar-refractivity contribution in [2.24, 2.45) is 0 Å². The normalized spacial score (nSPS) is 11.0. The molecule has 2 aromatic carbocycles. The van der Waals surface area contributed by atoms with E-state index in [0.717, 1.165) is 16.7 Å². The van der Waals surface area contributed by atoms with Crippen molar-refractivity contribution in [3.63, 3.8) is 0 Å². The summed E-state index contributed by atoms with van der Waals surface area (Å²) in [4.78, 5) is 17.0. The van der Waals surface area contributed by atoms with Crippen LogP contribution in [0, 0.1) is 18.3 Å². The lowest BCUT2D eigenvalue weighted by molar-refractivity contribution is -0.117. The van der Waals surface area contributed by atoms with Crippen molar-refractivity contribution in [1.29, 1.82) is 5.26 Å². The van der Waals surface area contributed by atoms with Gasteiger partial charge in [0.05, 0.1) is 6.04 Å². The zero-order valence-electron chi connectivity index (χ0n) is 15.5. The maximum absolute atomic E-state index is 12.8. The second-order valence-corrected chi connectivity index (χ2v) is 6.21. The summed E-state index contributed by atoms with van der Waals surface area (Å²) >= 11 is 0. The molecule has 5 heteroatoms. The molecular weight excluding hydrogens is 348 g/mol. The highest BCUT2D eigenvalue weighted by atomic mass is 16.1. The Bertz CT molecular complexity index is 968. The highest BCUT2D eigenvalue weighted by Gasteiger charge is 2.19. The largest absolute Gasteiger partial charge is 0.345 e. The number of benzene rings is 2. The first kappa shape index (κ1) is 18.9. The standard InChI is InChI=1S/C23H20N4O/c1-17-9-8-14-25-22(17)26-16-20(15-24)23(28)27-21(18-10-4-2-5-11-18)19-12-6-3-7-13-19/h2-14,16,21H,1H3,(H,25,26)(H,27,28)/b20-16-. The Morgan fingerprint density at radius 3 is 2.14 bits per heavy atom. The lowest BCUT2D eigenvalue weighted by Gasteiger charge is -2.19. The van der Waals surface area contributed by atoms with Gasteiger partial charge >= 0.3 is 0 Å². The zero-order valence-corrected chi connectivity index (χ0v) is 15.5. The van der Waals surface area contributed by atoms with Crippen LogP contribution < -0.4 is 10.6 Å². The molecule has 0 atom stereocenters. The monoisotopic (exact) mass is 368 g/mol. The van der Waals surface area contributed by atoms with Crippen molar-refractivity contribution >= 4 is 11.7 Å². The molecule has 0 saturated carbocycles. The number of nitrogens with one attached hydrogen (secondary N) is 2. The lowest BCUT2D eigenvalue weighted by Crippen LogP contribution is -2.30. The van der Waals surface area contributed by atoms with Crippen LogP contribution in [0.25, 0.3) is 0 Å². The van der Waals surface area contributed by atoms with Crippen molar-refractivity contribution in [2.75, 3.05) is 5.32 Å². The minimum absolute atomic E-state index is 0.0260. The van der Waals surface area contributed by atoms with Crippen LogP contribution in [0.3, 0.4) is 0 Å². The van der Waals surface area contributed by atoms with E-state index in [1.165, 1.54) is 6.20 Å². The van der Waals surface area contributed by atoms with Gasteiger partial charge in [0.25, 0.3) is 5.91 Å². The summed E-state index contributed by atoms with van der Waals surface area (Å²) < 4.78 is 0. The average Bonchev–Trinajstić information content (AvgIpc) is 2.75. The molecule has 0 aliphatic heterocycles. The molecule has 1 heterocycles. The maximum atomic E-state index is 12.8. The predicted octanol–water partition coefficient (Wildman–Crippen LogP) is 4.12. The summed E-state index contributed by atoms with van der Waals surface area (Å²) in [5.41, 5.74) is 2.77. The number of hydrogen-bond donors (Lipinski definition) is 2. The lowest BCUT2D eigenvalue weighted by atomic mass is 9.98. The number of nitrogens with zero attached hydrogens (tertiary/aromatic N) is 2. The van der Waals surface area contributed by atoms with Gasteiger partial charge in [0, 0.05) is 12.4 Å². The number of rotatable bonds is 6. The SMILES string of the molecule is Cc1cccnc1N/C=C(/C#N)C(=O)NC(c1ccccc1)c1ccccc1. The zero-order chi connectivity index (χ0) is 19.8. The number of carbonyl (C=O) groups is 1. The number of anilines is 1. The van der Waals surface area contributed by atoms with E-state index in [4.69, 9.17) is 0 Å². The van der Waals surface area contributed by atoms with Crippen LogP contribution in [0.1, 0.15) is 22.7 Å². The Kier molecular flexibility index (Phi) is 6.17. The van der Waals surface area contributed by atoms with Gasteiger partial charge in [-0.05, 0) is 29.7 Å². The molecule has 1 amide bonds. The number of nitriles is 1. The van der Waals surface area contributed by atoms with Gasteiger partial charge in [0.1, 0.15) is 17.5 Å². The van der Waals surface area contributed by atoms with Gasteiger partial charge in [0.2, 0.25) is 0 Å². The van der Waals surface area contributed by atoms with Gasteiger partial charge in [-0.25, -0.2) is 4.98 Å². The predicted molar refractivity (Wildman–Crippen MR) is 109 cm³/mol. The molecule has 3 aromatic rings. The number of carbonyl (C=O) groups excluding carboxylic acids is 1. The van der Waals surface area contributed by atoms with E-state index in [1.807, 2.05) is 85.8 Å². The minimum atomic E-state index is -0.457. The summed E-state index contributed by atoms with van der Waals surface area (Å²) in [6, 6.07) is 24.6. The van der Waals surface area contributed by atoms with E-state index in [-0.39, 0.29) is 11.6 Å². The van der Waals surface area contributed by atoms with Crippen molar-refractivity contribution in [3.05, 3.63) is 107 Å². The number of pyridine rings is 1. The average molecular weight is 368 g/mol. The molecular formula is C23H20N4O. The van der Waals surface area contributed by atoms with Crippen LogP contribution in [0.15, 0.2) is 90.8 Å². The van der Waals surface area contributed by atoms with Crippen LogP contribution in [-0.2, 0) is 4.79 Å². The molecule has 3 rings (SSSR count). The van der Waals surface area contributed by atoms with E-state index >= 15 is 0 Å². The van der Waals surface area contributed by atoms with Crippen LogP contribution in [0.5, 0.6) is 0 Å². The smallest absolute Gasteiger partial charge is 0.264 e. The first-order chi connectivity index (χ1) is 13.7. The first-order valence-corrected chi connectivity index (χ1v) is 8.88. The molecule has 0 aliphatic rings. The van der Waals surface area contributed by atoms with Gasteiger partial charge in [0.15, 0.2) is 0 Å². The summed E-state index contributed by atoms with van der Waals surface area (Å²) in [6.07, 6.45) is 3.04. The number of aromatic nitrogens is 1. The Hall–Kier alpha value is -3.91. The van der Waals surface area contributed by atoms with Crippen molar-refractivity contribution in [2.45, 2.75) is 13.0 Å². The molecule has 5 nitrogen and oxygen atoms in total. The van der Waals surface area contributed by atoms with Gasteiger partial charge in [-0.15, -0.1) is 0 Å². The van der Waals surface area contributed by atoms with Crippen molar-refractivity contribution < 1.29 is 4.79 Å². The molecule has 28 heavy (non-hydrogen) atoms. The minimum Gasteiger partial charge on any atom is -0.345 e. The summed E-state index contributed by atoms with van der Waals surface area (Å²) in [7, 11) is 0. The number of amides is 1. The fourth-order valence-corrected chi connectivity index (χ4v) is 2.78. The van der Waals surface area contributed by atoms with Gasteiger partial charge in [-0.3, -0.25) is 4.79 Å². The summed E-state index contributed by atoms with van der Waals surface area (Å²) in [5.74, 6) is 0.145. The summed E-state index contributed by atoms with van der Waals surface area (Å²) in [5, 5.41) is 15.4. The molecule has 1 aromatic heterocycles. The second-order valence-electron chi connectivity index (χ2n) is 6.21. The van der Waals surface area contributed by atoms with Gasteiger partial charge in [-0.1, -0.05) is 66.7 Å². The summed E-state index contributed by atoms with van der Waals surface area (Å²) in [6.45, 7) is 1.90. The molecule has 138 valence electrons. The third-order valence-corrected chi connectivity index (χ3v) is 4.27. The molecule has 0 unspecified atom stereocenters. The van der Waals surface area contributed by atoms with E-state index in [2.05, 4.69) is 15.6 Å².